The van der Waals surface area contributed by atoms with Gasteiger partial charge in [0.25, 0.3) is 0 Å². The quantitative estimate of drug-likeness (QED) is 0.596. The lowest BCUT2D eigenvalue weighted by molar-refractivity contribution is 0.108. The van der Waals surface area contributed by atoms with Crippen molar-refractivity contribution < 1.29 is 9.53 Å². The first-order valence-electron chi connectivity index (χ1n) is 6.26. The summed E-state index contributed by atoms with van der Waals surface area (Å²) in [6, 6.07) is -0.0719. The lowest BCUT2D eigenvalue weighted by Crippen LogP contribution is -2.36. The van der Waals surface area contributed by atoms with Crippen molar-refractivity contribution >= 4 is 6.03 Å². The molecule has 0 aliphatic rings. The van der Waals surface area contributed by atoms with Crippen LogP contribution < -0.4 is 10.6 Å². The Bertz CT molecular complexity index is 172. The van der Waals surface area contributed by atoms with Gasteiger partial charge in [-0.2, -0.15) is 0 Å². The zero-order chi connectivity index (χ0) is 12.2. The molecule has 0 heterocycles. The van der Waals surface area contributed by atoms with Crippen molar-refractivity contribution in [2.24, 2.45) is 5.92 Å². The highest BCUT2D eigenvalue weighted by Gasteiger charge is 1.98. The molecule has 16 heavy (non-hydrogen) atoms. The standard InChI is InChI=1S/C12H26N2O2/c1-4-5-7-13-12(15)14-8-6-9-16-10-11(2)3/h11H,4-10H2,1-3H3,(H2,13,14,15). The van der Waals surface area contributed by atoms with E-state index in [9.17, 15) is 4.79 Å². The molecule has 4 heteroatoms. The molecular formula is C12H26N2O2. The smallest absolute Gasteiger partial charge is 0.314 e. The van der Waals surface area contributed by atoms with E-state index in [1.807, 2.05) is 0 Å². The summed E-state index contributed by atoms with van der Waals surface area (Å²) in [5, 5.41) is 5.60. The van der Waals surface area contributed by atoms with E-state index in [1.54, 1.807) is 0 Å². The van der Waals surface area contributed by atoms with Crippen LogP contribution in [-0.4, -0.2) is 32.3 Å². The minimum absolute atomic E-state index is 0.0719. The Morgan fingerprint density at radius 2 is 1.81 bits per heavy atom. The topological polar surface area (TPSA) is 50.4 Å². The number of rotatable bonds is 9. The van der Waals surface area contributed by atoms with Crippen molar-refractivity contribution in [3.63, 3.8) is 0 Å². The van der Waals surface area contributed by atoms with E-state index >= 15 is 0 Å². The van der Waals surface area contributed by atoms with Crippen LogP contribution in [0.15, 0.2) is 0 Å². The normalized spacial score (nSPS) is 10.5. The number of unbranched alkanes of at least 4 members (excludes halogenated alkanes) is 1. The molecule has 4 nitrogen and oxygen atoms in total. The van der Waals surface area contributed by atoms with Crippen LogP contribution in [0.5, 0.6) is 0 Å². The van der Waals surface area contributed by atoms with Crippen LogP contribution in [0.2, 0.25) is 0 Å². The second-order valence-corrected chi connectivity index (χ2v) is 4.36. The number of amides is 2. The summed E-state index contributed by atoms with van der Waals surface area (Å²) in [5.41, 5.74) is 0. The van der Waals surface area contributed by atoms with Crippen molar-refractivity contribution in [1.29, 1.82) is 0 Å². The van der Waals surface area contributed by atoms with E-state index < -0.39 is 0 Å². The maximum absolute atomic E-state index is 11.2. The van der Waals surface area contributed by atoms with Gasteiger partial charge in [0.05, 0.1) is 0 Å². The van der Waals surface area contributed by atoms with Gasteiger partial charge in [0, 0.05) is 26.3 Å². The van der Waals surface area contributed by atoms with Gasteiger partial charge in [0.1, 0.15) is 0 Å². The molecule has 0 saturated heterocycles. The van der Waals surface area contributed by atoms with Gasteiger partial charge in [-0.3, -0.25) is 0 Å². The van der Waals surface area contributed by atoms with Crippen LogP contribution in [-0.2, 0) is 4.74 Å². The van der Waals surface area contributed by atoms with Gasteiger partial charge >= 0.3 is 6.03 Å². The van der Waals surface area contributed by atoms with Crippen molar-refractivity contribution in [1.82, 2.24) is 10.6 Å². The number of hydrogen-bond donors (Lipinski definition) is 2. The van der Waals surface area contributed by atoms with E-state index in [0.29, 0.717) is 19.1 Å². The van der Waals surface area contributed by atoms with Crippen LogP contribution >= 0.6 is 0 Å². The highest BCUT2D eigenvalue weighted by Crippen LogP contribution is 1.92. The largest absolute Gasteiger partial charge is 0.381 e. The first kappa shape index (κ1) is 15.2. The Labute approximate surface area is 99.1 Å². The third-order valence-corrected chi connectivity index (χ3v) is 2.02. The van der Waals surface area contributed by atoms with Crippen LogP contribution in [0.25, 0.3) is 0 Å². The molecule has 0 fully saturated rings. The van der Waals surface area contributed by atoms with Gasteiger partial charge < -0.3 is 15.4 Å². The molecule has 0 aromatic rings. The predicted octanol–water partition coefficient (Wildman–Crippen LogP) is 2.15. The summed E-state index contributed by atoms with van der Waals surface area (Å²) in [7, 11) is 0. The van der Waals surface area contributed by atoms with Crippen molar-refractivity contribution in [3.8, 4) is 0 Å². The second-order valence-electron chi connectivity index (χ2n) is 4.36. The summed E-state index contributed by atoms with van der Waals surface area (Å²) in [6.07, 6.45) is 3.00. The summed E-state index contributed by atoms with van der Waals surface area (Å²) in [6.45, 7) is 9.29. The molecule has 0 radical (unpaired) electrons. The zero-order valence-corrected chi connectivity index (χ0v) is 10.8. The fraction of sp³-hybridized carbons (Fsp3) is 0.917. The third kappa shape index (κ3) is 11.3. The molecule has 0 aromatic heterocycles. The number of hydrogen-bond acceptors (Lipinski definition) is 2. The molecule has 2 N–H and O–H groups in total. The maximum Gasteiger partial charge on any atom is 0.314 e. The van der Waals surface area contributed by atoms with Gasteiger partial charge in [-0.25, -0.2) is 4.79 Å². The van der Waals surface area contributed by atoms with E-state index in [0.717, 1.165) is 32.4 Å². The highest BCUT2D eigenvalue weighted by molar-refractivity contribution is 5.73. The molecule has 2 amide bonds. The van der Waals surface area contributed by atoms with Gasteiger partial charge in [-0.15, -0.1) is 0 Å². The summed E-state index contributed by atoms with van der Waals surface area (Å²) in [4.78, 5) is 11.2. The minimum atomic E-state index is -0.0719. The number of urea groups is 1. The molecule has 0 spiro atoms. The van der Waals surface area contributed by atoms with Crippen LogP contribution in [0, 0.1) is 5.92 Å². The van der Waals surface area contributed by atoms with Crippen molar-refractivity contribution in [3.05, 3.63) is 0 Å². The minimum Gasteiger partial charge on any atom is -0.381 e. The molecule has 0 aromatic carbocycles. The number of ether oxygens (including phenoxy) is 1. The molecule has 0 saturated carbocycles. The van der Waals surface area contributed by atoms with E-state index in [1.165, 1.54) is 0 Å². The van der Waals surface area contributed by atoms with E-state index in [4.69, 9.17) is 4.74 Å². The molecule has 0 unspecified atom stereocenters. The zero-order valence-electron chi connectivity index (χ0n) is 10.8. The van der Waals surface area contributed by atoms with Crippen LogP contribution in [0.1, 0.15) is 40.0 Å². The number of carbonyl (C=O) groups is 1. The Morgan fingerprint density at radius 3 is 2.38 bits per heavy atom. The monoisotopic (exact) mass is 230 g/mol. The predicted molar refractivity (Wildman–Crippen MR) is 66.6 cm³/mol. The molecule has 96 valence electrons. The third-order valence-electron chi connectivity index (χ3n) is 2.02. The first-order valence-corrected chi connectivity index (χ1v) is 6.26. The molecule has 0 atom stereocenters. The number of nitrogens with one attached hydrogen (secondary N) is 2. The molecule has 0 aliphatic heterocycles. The molecule has 0 bridgehead atoms. The Morgan fingerprint density at radius 1 is 1.19 bits per heavy atom. The van der Waals surface area contributed by atoms with Gasteiger partial charge in [0.15, 0.2) is 0 Å². The van der Waals surface area contributed by atoms with E-state index in [-0.39, 0.29) is 6.03 Å². The van der Waals surface area contributed by atoms with Crippen molar-refractivity contribution in [2.45, 2.75) is 40.0 Å². The van der Waals surface area contributed by atoms with Crippen LogP contribution in [0.3, 0.4) is 0 Å². The lowest BCUT2D eigenvalue weighted by atomic mass is 10.2. The van der Waals surface area contributed by atoms with Gasteiger partial charge in [-0.1, -0.05) is 27.2 Å². The first-order chi connectivity index (χ1) is 7.66. The average Bonchev–Trinajstić information content (AvgIpc) is 2.23. The van der Waals surface area contributed by atoms with Gasteiger partial charge in [0.2, 0.25) is 0 Å². The molecule has 0 rings (SSSR count). The maximum atomic E-state index is 11.2. The summed E-state index contributed by atoms with van der Waals surface area (Å²) in [5.74, 6) is 0.574. The van der Waals surface area contributed by atoms with E-state index in [2.05, 4.69) is 31.4 Å². The second kappa shape index (κ2) is 10.7. The number of carbonyl (C=O) groups excluding carboxylic acids is 1. The average molecular weight is 230 g/mol. The fourth-order valence-electron chi connectivity index (χ4n) is 1.14. The molecule has 0 aliphatic carbocycles. The van der Waals surface area contributed by atoms with Crippen molar-refractivity contribution in [2.75, 3.05) is 26.3 Å². The fourth-order valence-corrected chi connectivity index (χ4v) is 1.14. The Balaban J connectivity index is 3.15. The van der Waals surface area contributed by atoms with Gasteiger partial charge in [-0.05, 0) is 18.8 Å². The summed E-state index contributed by atoms with van der Waals surface area (Å²) < 4.78 is 5.40. The SMILES string of the molecule is CCCCNC(=O)NCCCOCC(C)C. The highest BCUT2D eigenvalue weighted by atomic mass is 16.5. The summed E-state index contributed by atoms with van der Waals surface area (Å²) >= 11 is 0. The van der Waals surface area contributed by atoms with Crippen LogP contribution in [0.4, 0.5) is 4.79 Å². The lowest BCUT2D eigenvalue weighted by Gasteiger charge is -2.08. The Kier molecular flexibility index (Phi) is 10.2. The molecular weight excluding hydrogens is 204 g/mol. The Hall–Kier alpha value is -0.770.